The number of nitrogens with two attached hydrogens (primary N) is 1. The number of hydrogen-bond donors (Lipinski definition) is 3. The second kappa shape index (κ2) is 17.7. The van der Waals surface area contributed by atoms with Gasteiger partial charge in [0.25, 0.3) is 11.8 Å². The molecule has 0 aliphatic carbocycles. The topological polar surface area (TPSA) is 123 Å². The van der Waals surface area contributed by atoms with Crippen LogP contribution in [-0.2, 0) is 16.1 Å². The summed E-state index contributed by atoms with van der Waals surface area (Å²) in [5, 5.41) is 5.46. The summed E-state index contributed by atoms with van der Waals surface area (Å²) in [5.41, 5.74) is 9.56. The van der Waals surface area contributed by atoms with E-state index < -0.39 is 11.7 Å². The van der Waals surface area contributed by atoms with E-state index in [9.17, 15) is 18.8 Å². The van der Waals surface area contributed by atoms with Gasteiger partial charge in [-0.15, -0.1) is 11.8 Å². The maximum Gasteiger partial charge on any atom is 0.309 e. The van der Waals surface area contributed by atoms with Gasteiger partial charge in [-0.25, -0.2) is 4.39 Å². The monoisotopic (exact) mass is 630 g/mol. The van der Waals surface area contributed by atoms with Crippen LogP contribution >= 0.6 is 11.8 Å². The van der Waals surface area contributed by atoms with Crippen LogP contribution < -0.4 is 16.4 Å². The first-order valence-corrected chi connectivity index (χ1v) is 15.9. The van der Waals surface area contributed by atoms with Crippen LogP contribution in [0.4, 0.5) is 15.8 Å². The van der Waals surface area contributed by atoms with Crippen LogP contribution in [0.2, 0.25) is 0 Å². The van der Waals surface area contributed by atoms with Gasteiger partial charge in [0.1, 0.15) is 0 Å². The third-order valence-electron chi connectivity index (χ3n) is 6.66. The molecule has 1 fully saturated rings. The molecule has 1 saturated heterocycles. The number of cyclic esters (lactones) is 1. The van der Waals surface area contributed by atoms with Crippen LogP contribution in [-0.4, -0.2) is 35.1 Å². The first-order chi connectivity index (χ1) is 21.9. The molecule has 4 aromatic rings. The average Bonchev–Trinajstić information content (AvgIpc) is 3.51. The van der Waals surface area contributed by atoms with E-state index >= 15 is 0 Å². The van der Waals surface area contributed by atoms with E-state index in [1.807, 2.05) is 58.0 Å². The van der Waals surface area contributed by atoms with Crippen LogP contribution in [0.15, 0.2) is 90.1 Å². The van der Waals surface area contributed by atoms with Crippen LogP contribution in [0.1, 0.15) is 60.4 Å². The molecule has 0 unspecified atom stereocenters. The SMILES string of the molecule is CC.CC.NCc1ccc(C(=O)Nc2ccncc2F)cc1-c1cccc(C(=O)Nc2ccc(SC[C@H]3CCOC3=O)cc2)c1. The second-order valence-corrected chi connectivity index (χ2v) is 10.5. The lowest BCUT2D eigenvalue weighted by atomic mass is 9.95. The average molecular weight is 631 g/mol. The van der Waals surface area contributed by atoms with Gasteiger partial charge in [-0.05, 0) is 77.7 Å². The number of nitrogens with zero attached hydrogens (tertiary/aromatic N) is 1. The second-order valence-electron chi connectivity index (χ2n) is 9.41. The van der Waals surface area contributed by atoms with Crippen LogP contribution in [0, 0.1) is 11.7 Å². The Hall–Kier alpha value is -4.54. The molecule has 2 heterocycles. The van der Waals surface area contributed by atoms with Crippen molar-refractivity contribution in [2.24, 2.45) is 11.7 Å². The first-order valence-electron chi connectivity index (χ1n) is 15.0. The van der Waals surface area contributed by atoms with Crippen LogP contribution in [0.5, 0.6) is 0 Å². The van der Waals surface area contributed by atoms with E-state index in [0.717, 1.165) is 23.1 Å². The predicted octanol–water partition coefficient (Wildman–Crippen LogP) is 7.56. The molecule has 1 aliphatic rings. The third-order valence-corrected chi connectivity index (χ3v) is 7.83. The van der Waals surface area contributed by atoms with Gasteiger partial charge in [-0.3, -0.25) is 19.4 Å². The number of nitrogens with one attached hydrogen (secondary N) is 2. The molecule has 1 aromatic heterocycles. The highest BCUT2D eigenvalue weighted by molar-refractivity contribution is 7.99. The highest BCUT2D eigenvalue weighted by atomic mass is 32.2. The first kappa shape index (κ1) is 34.9. The number of thioether (sulfide) groups is 1. The number of benzene rings is 3. The van der Waals surface area contributed by atoms with E-state index in [1.165, 1.54) is 12.3 Å². The molecule has 10 heteroatoms. The van der Waals surface area contributed by atoms with Crippen molar-refractivity contribution in [2.45, 2.75) is 45.6 Å². The molecular weight excluding hydrogens is 591 g/mol. The summed E-state index contributed by atoms with van der Waals surface area (Å²) in [6.45, 7) is 8.71. The molecule has 0 radical (unpaired) electrons. The van der Waals surface area contributed by atoms with Gasteiger partial charge in [-0.1, -0.05) is 45.9 Å². The zero-order valence-corrected chi connectivity index (χ0v) is 26.7. The Morgan fingerprint density at radius 2 is 1.67 bits per heavy atom. The minimum Gasteiger partial charge on any atom is -0.465 e. The van der Waals surface area contributed by atoms with Crippen molar-refractivity contribution < 1.29 is 23.5 Å². The fourth-order valence-corrected chi connectivity index (χ4v) is 5.41. The Kier molecular flexibility index (Phi) is 13.7. The normalized spacial score (nSPS) is 13.4. The van der Waals surface area contributed by atoms with Gasteiger partial charge in [0.15, 0.2) is 5.82 Å². The lowest BCUT2D eigenvalue weighted by Gasteiger charge is -2.13. The fourth-order valence-electron chi connectivity index (χ4n) is 4.39. The molecule has 45 heavy (non-hydrogen) atoms. The number of aromatic nitrogens is 1. The molecule has 0 bridgehead atoms. The Morgan fingerprint density at radius 1 is 0.956 bits per heavy atom. The zero-order chi connectivity index (χ0) is 32.8. The van der Waals surface area contributed by atoms with Crippen molar-refractivity contribution in [3.05, 3.63) is 108 Å². The highest BCUT2D eigenvalue weighted by Gasteiger charge is 2.26. The van der Waals surface area contributed by atoms with E-state index in [1.54, 1.807) is 48.2 Å². The van der Waals surface area contributed by atoms with Gasteiger partial charge in [-0.2, -0.15) is 0 Å². The van der Waals surface area contributed by atoms with Crippen molar-refractivity contribution in [3.8, 4) is 11.1 Å². The number of pyridine rings is 1. The van der Waals surface area contributed by atoms with Gasteiger partial charge in [0.05, 0.1) is 24.4 Å². The molecule has 3 aromatic carbocycles. The molecule has 0 saturated carbocycles. The van der Waals surface area contributed by atoms with Gasteiger partial charge in [0.2, 0.25) is 0 Å². The van der Waals surface area contributed by atoms with E-state index in [2.05, 4.69) is 15.6 Å². The summed E-state index contributed by atoms with van der Waals surface area (Å²) in [7, 11) is 0. The number of esters is 1. The highest BCUT2D eigenvalue weighted by Crippen LogP contribution is 2.29. The molecule has 1 aliphatic heterocycles. The number of ether oxygens (including phenoxy) is 1. The zero-order valence-electron chi connectivity index (χ0n) is 25.9. The van der Waals surface area contributed by atoms with Gasteiger partial charge >= 0.3 is 5.97 Å². The molecule has 1 atom stereocenters. The number of rotatable bonds is 9. The summed E-state index contributed by atoms with van der Waals surface area (Å²) in [4.78, 5) is 42.3. The van der Waals surface area contributed by atoms with Gasteiger partial charge in [0, 0.05) is 40.2 Å². The molecule has 236 valence electrons. The molecule has 0 spiro atoms. The summed E-state index contributed by atoms with van der Waals surface area (Å²) in [6.07, 6.45) is 3.16. The quantitative estimate of drug-likeness (QED) is 0.129. The Balaban J connectivity index is 0.00000133. The van der Waals surface area contributed by atoms with Crippen molar-refractivity contribution >= 4 is 40.9 Å². The number of amides is 2. The summed E-state index contributed by atoms with van der Waals surface area (Å²) >= 11 is 1.58. The van der Waals surface area contributed by atoms with Crippen molar-refractivity contribution in [2.75, 3.05) is 23.0 Å². The maximum absolute atomic E-state index is 14.0. The van der Waals surface area contributed by atoms with Crippen LogP contribution in [0.25, 0.3) is 11.1 Å². The van der Waals surface area contributed by atoms with E-state index in [4.69, 9.17) is 10.5 Å². The standard InChI is InChI=1S/C31H27FN4O4S.2C2H6/c32-27-17-34-12-10-28(27)36-30(38)21-4-5-22(16-33)26(15-21)19-2-1-3-20(14-19)29(37)35-24-6-8-25(9-7-24)41-18-23-11-13-40-31(23)39;2*1-2/h1-10,12,14-15,17,23H,11,13,16,18,33H2,(H,35,37)(H,34,36,38);2*1-2H3/t23-;;/m1../s1. The molecular formula is C35H39FN4O4S. The molecule has 5 rings (SSSR count). The Morgan fingerprint density at radius 3 is 2.33 bits per heavy atom. The Bertz CT molecular complexity index is 1600. The number of anilines is 2. The lowest BCUT2D eigenvalue weighted by molar-refractivity contribution is -0.140. The molecule has 8 nitrogen and oxygen atoms in total. The minimum atomic E-state index is -0.637. The third kappa shape index (κ3) is 9.47. The number of hydrogen-bond acceptors (Lipinski definition) is 7. The summed E-state index contributed by atoms with van der Waals surface area (Å²) in [6, 6.07) is 20.9. The van der Waals surface area contributed by atoms with E-state index in [0.29, 0.717) is 40.3 Å². The lowest BCUT2D eigenvalue weighted by Crippen LogP contribution is -2.14. The maximum atomic E-state index is 14.0. The van der Waals surface area contributed by atoms with Crippen molar-refractivity contribution in [1.29, 1.82) is 0 Å². The predicted molar refractivity (Wildman–Crippen MR) is 179 cm³/mol. The van der Waals surface area contributed by atoms with Crippen molar-refractivity contribution in [1.82, 2.24) is 4.98 Å². The minimum absolute atomic E-state index is 0.0262. The molecule has 2 amide bonds. The number of carbonyl (C=O) groups excluding carboxylic acids is 3. The van der Waals surface area contributed by atoms with E-state index in [-0.39, 0.29) is 30.0 Å². The van der Waals surface area contributed by atoms with Crippen molar-refractivity contribution in [3.63, 3.8) is 0 Å². The van der Waals surface area contributed by atoms with Gasteiger partial charge < -0.3 is 21.1 Å². The largest absolute Gasteiger partial charge is 0.465 e. The summed E-state index contributed by atoms with van der Waals surface area (Å²) in [5.74, 6) is -0.979. The Labute approximate surface area is 268 Å². The number of carbonyl (C=O) groups is 3. The molecule has 4 N–H and O–H groups in total. The summed E-state index contributed by atoms with van der Waals surface area (Å²) < 4.78 is 19.0. The smallest absolute Gasteiger partial charge is 0.309 e. The number of halogens is 1. The fraction of sp³-hybridized carbons (Fsp3) is 0.257. The van der Waals surface area contributed by atoms with Crippen LogP contribution in [0.3, 0.4) is 0 Å².